The van der Waals surface area contributed by atoms with Crippen molar-refractivity contribution in [1.82, 2.24) is 5.32 Å². The van der Waals surface area contributed by atoms with Crippen LogP contribution in [0.15, 0.2) is 41.7 Å². The van der Waals surface area contributed by atoms with E-state index in [4.69, 9.17) is 0 Å². The molecule has 0 aliphatic rings. The second-order valence-corrected chi connectivity index (χ2v) is 4.95. The summed E-state index contributed by atoms with van der Waals surface area (Å²) in [5.41, 5.74) is 5.83. The molecule has 0 saturated heterocycles. The molecule has 0 fully saturated rings. The smallest absolute Gasteiger partial charge is 0.00105 e. The van der Waals surface area contributed by atoms with Crippen LogP contribution in [-0.2, 0) is 0 Å². The van der Waals surface area contributed by atoms with Crippen molar-refractivity contribution in [2.75, 3.05) is 6.54 Å². The van der Waals surface area contributed by atoms with Crippen LogP contribution in [0.3, 0.4) is 0 Å². The minimum Gasteiger partial charge on any atom is -0.314 e. The van der Waals surface area contributed by atoms with Crippen molar-refractivity contribution in [1.29, 1.82) is 0 Å². The van der Waals surface area contributed by atoms with Gasteiger partial charge in [0, 0.05) is 6.04 Å². The molecule has 1 N–H and O–H groups in total. The number of hydrogen-bond acceptors (Lipinski definition) is 1. The predicted octanol–water partition coefficient (Wildman–Crippen LogP) is 4.24. The summed E-state index contributed by atoms with van der Waals surface area (Å²) in [6.45, 7) is 15.6. The molecule has 0 aromatic rings. The van der Waals surface area contributed by atoms with E-state index < -0.39 is 0 Å². The highest BCUT2D eigenvalue weighted by atomic mass is 14.9. The first-order valence-electron chi connectivity index (χ1n) is 6.45. The number of nitrogens with one attached hydrogen (secondary N) is 1. The van der Waals surface area contributed by atoms with Gasteiger partial charge < -0.3 is 5.32 Å². The van der Waals surface area contributed by atoms with Gasteiger partial charge in [-0.2, -0.15) is 0 Å². The second-order valence-electron chi connectivity index (χ2n) is 4.95. The van der Waals surface area contributed by atoms with Crippen molar-refractivity contribution in [3.63, 3.8) is 0 Å². The van der Waals surface area contributed by atoms with Gasteiger partial charge in [0.25, 0.3) is 0 Å². The van der Waals surface area contributed by atoms with Crippen LogP contribution in [0.2, 0.25) is 0 Å². The van der Waals surface area contributed by atoms with Crippen molar-refractivity contribution in [3.05, 3.63) is 41.7 Å². The molecule has 0 atom stereocenters. The zero-order valence-electron chi connectivity index (χ0n) is 12.0. The summed E-state index contributed by atoms with van der Waals surface area (Å²) in [5.74, 6) is 0.564. The lowest BCUT2D eigenvalue weighted by atomic mass is 10.1. The van der Waals surface area contributed by atoms with Crippen LogP contribution in [0, 0.1) is 5.92 Å². The molecule has 96 valence electrons. The van der Waals surface area contributed by atoms with Gasteiger partial charge in [-0.3, -0.25) is 0 Å². The normalized spacial score (nSPS) is 11.6. The Morgan fingerprint density at radius 2 is 1.94 bits per heavy atom. The van der Waals surface area contributed by atoms with E-state index in [0.717, 1.165) is 13.0 Å². The molecule has 0 radical (unpaired) electrons. The first kappa shape index (κ1) is 16.0. The Labute approximate surface area is 107 Å². The zero-order valence-corrected chi connectivity index (χ0v) is 12.0. The van der Waals surface area contributed by atoms with Gasteiger partial charge in [-0.25, -0.2) is 0 Å². The molecule has 0 rings (SSSR count). The number of rotatable bonds is 7. The Balaban J connectivity index is 4.36. The third-order valence-corrected chi connectivity index (χ3v) is 2.70. The predicted molar refractivity (Wildman–Crippen MR) is 78.1 cm³/mol. The van der Waals surface area contributed by atoms with Crippen molar-refractivity contribution < 1.29 is 0 Å². The Kier molecular flexibility index (Phi) is 8.49. The van der Waals surface area contributed by atoms with Crippen LogP contribution in [-0.4, -0.2) is 12.6 Å². The van der Waals surface area contributed by atoms with Crippen molar-refractivity contribution in [2.45, 2.75) is 47.1 Å². The lowest BCUT2D eigenvalue weighted by Gasteiger charge is -2.07. The first-order chi connectivity index (χ1) is 7.97. The summed E-state index contributed by atoms with van der Waals surface area (Å²) in [6, 6.07) is 0.541. The van der Waals surface area contributed by atoms with Gasteiger partial charge in [-0.15, -0.1) is 5.73 Å². The zero-order chi connectivity index (χ0) is 13.3. The number of allylic oxidation sites excluding steroid dienone is 3. The SMILES string of the molecule is C=C/C(=C\C=C=C(C)C(C)C)CCNC(C)C. The maximum Gasteiger partial charge on any atom is 0.00105 e. The largest absolute Gasteiger partial charge is 0.314 e. The molecule has 0 aliphatic carbocycles. The van der Waals surface area contributed by atoms with Crippen molar-refractivity contribution in [3.8, 4) is 0 Å². The van der Waals surface area contributed by atoms with E-state index in [-0.39, 0.29) is 0 Å². The molecule has 17 heavy (non-hydrogen) atoms. The van der Waals surface area contributed by atoms with Crippen LogP contribution in [0.1, 0.15) is 41.0 Å². The Morgan fingerprint density at radius 1 is 1.29 bits per heavy atom. The molecule has 0 unspecified atom stereocenters. The summed E-state index contributed by atoms with van der Waals surface area (Å²) < 4.78 is 0. The molecule has 0 aromatic carbocycles. The van der Waals surface area contributed by atoms with Crippen LogP contribution in [0.5, 0.6) is 0 Å². The van der Waals surface area contributed by atoms with Crippen LogP contribution < -0.4 is 5.32 Å². The fraction of sp³-hybridized carbons (Fsp3) is 0.562. The maximum atomic E-state index is 3.84. The minimum absolute atomic E-state index is 0.541. The summed E-state index contributed by atoms with van der Waals surface area (Å²) in [7, 11) is 0. The topological polar surface area (TPSA) is 12.0 Å². The highest BCUT2D eigenvalue weighted by molar-refractivity contribution is 5.22. The molecule has 1 nitrogen and oxygen atoms in total. The molecular formula is C16H27N. The van der Waals surface area contributed by atoms with Crippen LogP contribution in [0.4, 0.5) is 0 Å². The summed E-state index contributed by atoms with van der Waals surface area (Å²) in [4.78, 5) is 0. The average Bonchev–Trinajstić information content (AvgIpc) is 2.26. The molecule has 0 aromatic heterocycles. The second kappa shape index (κ2) is 9.04. The maximum absolute atomic E-state index is 3.84. The molecular weight excluding hydrogens is 206 g/mol. The van der Waals surface area contributed by atoms with Gasteiger partial charge >= 0.3 is 0 Å². The molecule has 1 heteroatoms. The Morgan fingerprint density at radius 3 is 2.41 bits per heavy atom. The van der Waals surface area contributed by atoms with Crippen LogP contribution in [0.25, 0.3) is 0 Å². The van der Waals surface area contributed by atoms with Gasteiger partial charge in [-0.1, -0.05) is 46.4 Å². The van der Waals surface area contributed by atoms with Crippen molar-refractivity contribution >= 4 is 0 Å². The van der Waals surface area contributed by atoms with E-state index in [1.807, 2.05) is 12.2 Å². The summed E-state index contributed by atoms with van der Waals surface area (Å²) in [5, 5.41) is 3.40. The van der Waals surface area contributed by atoms with E-state index in [1.54, 1.807) is 0 Å². The van der Waals surface area contributed by atoms with E-state index in [1.165, 1.54) is 11.1 Å². The Bertz CT molecular complexity index is 312. The van der Waals surface area contributed by atoms with Gasteiger partial charge in [0.05, 0.1) is 0 Å². The Hall–Kier alpha value is -1.04. The first-order valence-corrected chi connectivity index (χ1v) is 6.45. The van der Waals surface area contributed by atoms with Gasteiger partial charge in [-0.05, 0) is 43.0 Å². The van der Waals surface area contributed by atoms with Crippen LogP contribution >= 0.6 is 0 Å². The molecule has 0 saturated carbocycles. The van der Waals surface area contributed by atoms with Crippen molar-refractivity contribution in [2.24, 2.45) is 5.92 Å². The third kappa shape index (κ3) is 8.74. The van der Waals surface area contributed by atoms with E-state index in [9.17, 15) is 0 Å². The van der Waals surface area contributed by atoms with E-state index in [0.29, 0.717) is 12.0 Å². The molecule has 0 spiro atoms. The van der Waals surface area contributed by atoms with Gasteiger partial charge in [0.1, 0.15) is 0 Å². The highest BCUT2D eigenvalue weighted by Crippen LogP contribution is 2.06. The van der Waals surface area contributed by atoms with E-state index >= 15 is 0 Å². The molecule has 0 heterocycles. The lowest BCUT2D eigenvalue weighted by Crippen LogP contribution is -2.23. The third-order valence-electron chi connectivity index (χ3n) is 2.70. The average molecular weight is 233 g/mol. The fourth-order valence-electron chi connectivity index (χ4n) is 1.21. The van der Waals surface area contributed by atoms with Gasteiger partial charge in [0.2, 0.25) is 0 Å². The summed E-state index contributed by atoms with van der Waals surface area (Å²) >= 11 is 0. The minimum atomic E-state index is 0.541. The summed E-state index contributed by atoms with van der Waals surface area (Å²) in [6.07, 6.45) is 7.04. The fourth-order valence-corrected chi connectivity index (χ4v) is 1.21. The standard InChI is InChI=1S/C16H27N/c1-7-16(11-12-17-14(4)5)10-8-9-15(6)13(2)3/h7-8,10,13-14,17H,1,11-12H2,2-6H3/b16-10+. The van der Waals surface area contributed by atoms with Gasteiger partial charge in [0.15, 0.2) is 0 Å². The highest BCUT2D eigenvalue weighted by Gasteiger charge is 1.94. The lowest BCUT2D eigenvalue weighted by molar-refractivity contribution is 0.591. The monoisotopic (exact) mass is 233 g/mol. The molecule has 0 aliphatic heterocycles. The van der Waals surface area contributed by atoms with E-state index in [2.05, 4.69) is 58.3 Å². The molecule has 0 bridgehead atoms. The molecule has 0 amide bonds. The number of hydrogen-bond donors (Lipinski definition) is 1. The quantitative estimate of drug-likeness (QED) is 0.512.